The first kappa shape index (κ1) is 32.5. The van der Waals surface area contributed by atoms with Crippen molar-refractivity contribution in [3.63, 3.8) is 0 Å². The van der Waals surface area contributed by atoms with Gasteiger partial charge in [-0.1, -0.05) is 56.4 Å². The van der Waals surface area contributed by atoms with E-state index in [0.717, 1.165) is 0 Å². The molecule has 0 aliphatic heterocycles. The molecule has 0 fully saturated rings. The molecule has 0 aliphatic carbocycles. The Hall–Kier alpha value is -0.456. The average Bonchev–Trinajstić information content (AvgIpc) is 2.46. The van der Waals surface area contributed by atoms with Crippen LogP contribution < -0.4 is 0 Å². The van der Waals surface area contributed by atoms with E-state index < -0.39 is 0 Å². The molecule has 0 heterocycles. The Morgan fingerprint density at radius 3 is 1.00 bits per heavy atom. The fraction of sp³-hybridized carbons (Fsp3) is 0.400. The van der Waals surface area contributed by atoms with Crippen LogP contribution in [0.25, 0.3) is 0 Å². The second-order valence-electron chi connectivity index (χ2n) is 3.09. The van der Waals surface area contributed by atoms with Crippen LogP contribution in [0.15, 0.2) is 48.5 Å². The predicted octanol–water partition coefficient (Wildman–Crippen LogP) is 6.91. The molecule has 21 heavy (non-hydrogen) atoms. The standard InChI is InChI=1S/2C7H7.2C2H6.2CH4.Y/c2*1-7-5-3-2-4-6-7;2*1-2;;;/h2*2-5H,1H3;2*1-2H3;2*1H4;/q2*-1;;;;;. The van der Waals surface area contributed by atoms with Gasteiger partial charge in [-0.05, 0) is 0 Å². The van der Waals surface area contributed by atoms with Gasteiger partial charge in [0, 0.05) is 32.7 Å². The number of aryl methyl sites for hydroxylation is 2. The second-order valence-corrected chi connectivity index (χ2v) is 3.09. The van der Waals surface area contributed by atoms with E-state index in [2.05, 4.69) is 12.1 Å². The zero-order valence-electron chi connectivity index (χ0n) is 13.2. The van der Waals surface area contributed by atoms with Gasteiger partial charge in [-0.3, -0.25) is 0 Å². The molecule has 0 atom stereocenters. The van der Waals surface area contributed by atoms with Crippen molar-refractivity contribution in [3.05, 3.63) is 71.8 Å². The number of hydrogen-bond acceptors (Lipinski definition) is 0. The number of rotatable bonds is 0. The smallest absolute Gasteiger partial charge is 0 e. The third kappa shape index (κ3) is 24.9. The van der Waals surface area contributed by atoms with E-state index in [4.69, 9.17) is 0 Å². The van der Waals surface area contributed by atoms with Crippen molar-refractivity contribution >= 4 is 0 Å². The van der Waals surface area contributed by atoms with Gasteiger partial charge in [0.25, 0.3) is 0 Å². The molecule has 0 spiro atoms. The maximum absolute atomic E-state index is 3.03. The molecule has 0 bridgehead atoms. The van der Waals surface area contributed by atoms with Gasteiger partial charge in [-0.2, -0.15) is 71.8 Å². The normalized spacial score (nSPS) is 6.38. The minimum Gasteiger partial charge on any atom is -0.181 e. The Bertz CT molecular complexity index is 303. The van der Waals surface area contributed by atoms with Crippen molar-refractivity contribution in [1.82, 2.24) is 0 Å². The monoisotopic (exact) mass is 363 g/mol. The molecule has 0 N–H and O–H groups in total. The van der Waals surface area contributed by atoms with Crippen molar-refractivity contribution in [2.75, 3.05) is 0 Å². The average molecular weight is 363 g/mol. The van der Waals surface area contributed by atoms with Gasteiger partial charge >= 0.3 is 0 Å². The Balaban J connectivity index is -0.0000000589. The quantitative estimate of drug-likeness (QED) is 0.446. The largest absolute Gasteiger partial charge is 0.181 e. The number of benzene rings is 2. The molecule has 0 aliphatic rings. The summed E-state index contributed by atoms with van der Waals surface area (Å²) in [5.74, 6) is 0. The van der Waals surface area contributed by atoms with Gasteiger partial charge in [-0.15, -0.1) is 0 Å². The molecule has 1 heteroatoms. The van der Waals surface area contributed by atoms with Crippen molar-refractivity contribution in [2.24, 2.45) is 0 Å². The fourth-order valence-corrected chi connectivity index (χ4v) is 0.966. The SMILES string of the molecule is C.C.CC.CC.Cc1[c-]cccc1.Cc1[c-]cccc1.[Y]. The second kappa shape index (κ2) is 27.8. The summed E-state index contributed by atoms with van der Waals surface area (Å²) in [6, 6.07) is 21.9. The Morgan fingerprint density at radius 2 is 0.905 bits per heavy atom. The van der Waals surface area contributed by atoms with E-state index in [1.807, 2.05) is 90.1 Å². The summed E-state index contributed by atoms with van der Waals surface area (Å²) in [6.45, 7) is 12.1. The molecule has 2 aromatic rings. The van der Waals surface area contributed by atoms with Crippen LogP contribution >= 0.6 is 0 Å². The van der Waals surface area contributed by atoms with Crippen LogP contribution in [-0.4, -0.2) is 0 Å². The zero-order valence-corrected chi connectivity index (χ0v) is 16.0. The van der Waals surface area contributed by atoms with Crippen LogP contribution in [0, 0.1) is 26.0 Å². The Labute approximate surface area is 160 Å². The van der Waals surface area contributed by atoms with Crippen LogP contribution in [0.2, 0.25) is 0 Å². The van der Waals surface area contributed by atoms with Gasteiger partial charge in [0.05, 0.1) is 0 Å². The third-order valence-electron chi connectivity index (χ3n) is 1.73. The van der Waals surface area contributed by atoms with Crippen LogP contribution in [-0.2, 0) is 32.7 Å². The Kier molecular flexibility index (Phi) is 43.0. The van der Waals surface area contributed by atoms with Gasteiger partial charge < -0.3 is 0 Å². The molecule has 1 radical (unpaired) electrons. The topological polar surface area (TPSA) is 0 Å². The van der Waals surface area contributed by atoms with E-state index >= 15 is 0 Å². The Morgan fingerprint density at radius 1 is 0.619 bits per heavy atom. The molecule has 0 saturated heterocycles. The van der Waals surface area contributed by atoms with E-state index in [9.17, 15) is 0 Å². The summed E-state index contributed by atoms with van der Waals surface area (Å²) < 4.78 is 0. The van der Waals surface area contributed by atoms with Gasteiger partial charge in [0.15, 0.2) is 0 Å². The summed E-state index contributed by atoms with van der Waals surface area (Å²) in [7, 11) is 0. The maximum Gasteiger partial charge on any atom is 0 e. The number of hydrogen-bond donors (Lipinski definition) is 0. The zero-order chi connectivity index (χ0) is 14.2. The first-order valence-electron chi connectivity index (χ1n) is 6.65. The minimum atomic E-state index is 0. The molecule has 119 valence electrons. The van der Waals surface area contributed by atoms with Crippen molar-refractivity contribution in [3.8, 4) is 0 Å². The van der Waals surface area contributed by atoms with E-state index in [1.165, 1.54) is 11.1 Å². The molecule has 0 saturated carbocycles. The molecule has 0 aromatic heterocycles. The van der Waals surface area contributed by atoms with Crippen molar-refractivity contribution < 1.29 is 32.7 Å². The molecular formula is C20H34Y-2. The van der Waals surface area contributed by atoms with E-state index in [1.54, 1.807) is 0 Å². The molecule has 0 nitrogen and oxygen atoms in total. The summed E-state index contributed by atoms with van der Waals surface area (Å²) in [5.41, 5.74) is 2.39. The molecule has 2 aromatic carbocycles. The predicted molar refractivity (Wildman–Crippen MR) is 96.2 cm³/mol. The fourth-order valence-electron chi connectivity index (χ4n) is 0.966. The van der Waals surface area contributed by atoms with E-state index in [0.29, 0.717) is 0 Å². The van der Waals surface area contributed by atoms with Crippen molar-refractivity contribution in [1.29, 1.82) is 0 Å². The first-order chi connectivity index (χ1) is 8.79. The van der Waals surface area contributed by atoms with Gasteiger partial charge in [-0.25, -0.2) is 0 Å². The maximum atomic E-state index is 3.03. The summed E-state index contributed by atoms with van der Waals surface area (Å²) in [5, 5.41) is 0. The van der Waals surface area contributed by atoms with Crippen LogP contribution in [0.1, 0.15) is 53.7 Å². The summed E-state index contributed by atoms with van der Waals surface area (Å²) in [6.07, 6.45) is 0. The van der Waals surface area contributed by atoms with E-state index in [-0.39, 0.29) is 47.6 Å². The molecule has 0 unspecified atom stereocenters. The molecular weight excluding hydrogens is 329 g/mol. The van der Waals surface area contributed by atoms with Crippen molar-refractivity contribution in [2.45, 2.75) is 56.4 Å². The third-order valence-corrected chi connectivity index (χ3v) is 1.73. The first-order valence-corrected chi connectivity index (χ1v) is 6.65. The van der Waals surface area contributed by atoms with Crippen LogP contribution in [0.3, 0.4) is 0 Å². The van der Waals surface area contributed by atoms with Crippen LogP contribution in [0.5, 0.6) is 0 Å². The minimum absolute atomic E-state index is 0. The summed E-state index contributed by atoms with van der Waals surface area (Å²) >= 11 is 0. The molecule has 0 amide bonds. The van der Waals surface area contributed by atoms with Gasteiger partial charge in [0.1, 0.15) is 0 Å². The molecule has 2 rings (SSSR count). The summed E-state index contributed by atoms with van der Waals surface area (Å²) in [4.78, 5) is 0. The van der Waals surface area contributed by atoms with Gasteiger partial charge in [0.2, 0.25) is 0 Å². The van der Waals surface area contributed by atoms with Crippen LogP contribution in [0.4, 0.5) is 0 Å².